The fraction of sp³-hybridized carbons (Fsp3) is 0.348. The maximum Gasteiger partial charge on any atom is 0.260 e. The molecule has 1 aromatic carbocycles. The highest BCUT2D eigenvalue weighted by Crippen LogP contribution is 2.49. The Balaban J connectivity index is 1.74. The van der Waals surface area contributed by atoms with Gasteiger partial charge in [-0.05, 0) is 55.7 Å². The van der Waals surface area contributed by atoms with Crippen molar-refractivity contribution in [3.63, 3.8) is 0 Å². The lowest BCUT2D eigenvalue weighted by atomic mass is 9.96. The van der Waals surface area contributed by atoms with Crippen molar-refractivity contribution in [2.24, 2.45) is 11.7 Å². The van der Waals surface area contributed by atoms with E-state index in [-0.39, 0.29) is 12.4 Å². The second-order valence-electron chi connectivity index (χ2n) is 8.34. The third-order valence-electron chi connectivity index (χ3n) is 4.85. The Kier molecular flexibility index (Phi) is 6.09. The van der Waals surface area contributed by atoms with Crippen molar-refractivity contribution in [2.75, 3.05) is 11.9 Å². The first-order valence-corrected chi connectivity index (χ1v) is 9.76. The van der Waals surface area contributed by atoms with Gasteiger partial charge in [0, 0.05) is 12.6 Å². The zero-order chi connectivity index (χ0) is 22.8. The summed E-state index contributed by atoms with van der Waals surface area (Å²) in [5.74, 6) is -4.43. The van der Waals surface area contributed by atoms with E-state index < -0.39 is 29.7 Å². The number of halogens is 2. The van der Waals surface area contributed by atoms with Crippen LogP contribution in [0.25, 0.3) is 11.1 Å². The molecule has 0 radical (unpaired) electrons. The highest BCUT2D eigenvalue weighted by molar-refractivity contribution is 5.95. The van der Waals surface area contributed by atoms with E-state index in [1.807, 2.05) is 13.8 Å². The van der Waals surface area contributed by atoms with Gasteiger partial charge >= 0.3 is 0 Å². The molecule has 1 aromatic heterocycles. The minimum Gasteiger partial charge on any atom is -0.490 e. The van der Waals surface area contributed by atoms with Crippen LogP contribution in [0.2, 0.25) is 0 Å². The second kappa shape index (κ2) is 8.44. The molecule has 1 aliphatic rings. The van der Waals surface area contributed by atoms with Crippen LogP contribution in [0.1, 0.15) is 32.3 Å². The van der Waals surface area contributed by atoms with Crippen molar-refractivity contribution in [1.29, 1.82) is 5.26 Å². The van der Waals surface area contributed by atoms with Crippen molar-refractivity contribution < 1.29 is 18.3 Å². The van der Waals surface area contributed by atoms with E-state index in [9.17, 15) is 18.8 Å². The molecule has 2 aromatic rings. The van der Waals surface area contributed by atoms with Crippen LogP contribution in [0.3, 0.4) is 0 Å². The maximum atomic E-state index is 13.1. The molecule has 31 heavy (non-hydrogen) atoms. The molecule has 1 heterocycles. The Morgan fingerprint density at radius 2 is 2.10 bits per heavy atom. The van der Waals surface area contributed by atoms with Crippen molar-refractivity contribution in [2.45, 2.75) is 38.2 Å². The fourth-order valence-electron chi connectivity index (χ4n) is 3.30. The van der Waals surface area contributed by atoms with Crippen LogP contribution in [0, 0.1) is 17.2 Å². The Hall–Kier alpha value is -3.31. The average molecular weight is 426 g/mol. The summed E-state index contributed by atoms with van der Waals surface area (Å²) in [6.07, 6.45) is 1.61. The number of carbonyl (C=O) groups excluding carboxylic acids is 1. The van der Waals surface area contributed by atoms with E-state index in [0.717, 1.165) is 5.57 Å². The van der Waals surface area contributed by atoms with E-state index in [0.29, 0.717) is 28.9 Å². The summed E-state index contributed by atoms with van der Waals surface area (Å²) in [5.41, 5.74) is 8.22. The number of anilines is 1. The van der Waals surface area contributed by atoms with Crippen molar-refractivity contribution in [1.82, 2.24) is 4.98 Å². The van der Waals surface area contributed by atoms with Crippen LogP contribution in [-0.4, -0.2) is 29.0 Å². The molecule has 2 unspecified atom stereocenters. The molecule has 1 amide bonds. The van der Waals surface area contributed by atoms with Gasteiger partial charge in [-0.25, -0.2) is 13.8 Å². The number of nitrogens with one attached hydrogen (secondary N) is 1. The first-order chi connectivity index (χ1) is 14.5. The van der Waals surface area contributed by atoms with Crippen LogP contribution in [0.5, 0.6) is 5.75 Å². The molecule has 0 aliphatic heterocycles. The Labute approximate surface area is 179 Å². The molecule has 0 bridgehead atoms. The quantitative estimate of drug-likeness (QED) is 0.614. The number of carbonyl (C=O) groups is 1. The zero-order valence-electron chi connectivity index (χ0n) is 17.4. The highest BCUT2D eigenvalue weighted by atomic mass is 19.3. The van der Waals surface area contributed by atoms with Crippen LogP contribution in [0.15, 0.2) is 48.7 Å². The number of hydrogen-bond acceptors (Lipinski definition) is 5. The van der Waals surface area contributed by atoms with Gasteiger partial charge < -0.3 is 15.8 Å². The minimum atomic E-state index is -2.94. The van der Waals surface area contributed by atoms with Crippen LogP contribution in [-0.2, 0) is 4.79 Å². The van der Waals surface area contributed by atoms with E-state index in [4.69, 9.17) is 10.5 Å². The zero-order valence-corrected chi connectivity index (χ0v) is 17.4. The maximum absolute atomic E-state index is 13.1. The van der Waals surface area contributed by atoms with Gasteiger partial charge in [0.25, 0.3) is 5.92 Å². The molecule has 1 saturated carbocycles. The number of nitriles is 1. The van der Waals surface area contributed by atoms with Gasteiger partial charge in [0.2, 0.25) is 5.91 Å². The number of pyridine rings is 1. The standard InChI is InChI=1S/C23H24F2N4O2/c1-14(2)10-22(3,27)13-31-19-5-4-15(8-17(19)12-26)16-6-7-28-20(9-16)29-21(30)18-11-23(18,24)25/h4-9,18H,1,10-11,13,27H2,2-3H3,(H,28,29,30). The number of hydrogen-bond donors (Lipinski definition) is 2. The molecule has 2 atom stereocenters. The Morgan fingerprint density at radius 3 is 2.71 bits per heavy atom. The average Bonchev–Trinajstić information content (AvgIpc) is 3.34. The van der Waals surface area contributed by atoms with E-state index in [1.165, 1.54) is 6.20 Å². The Bertz CT molecular complexity index is 1060. The van der Waals surface area contributed by atoms with Crippen LogP contribution in [0.4, 0.5) is 14.6 Å². The molecule has 3 rings (SSSR count). The molecular formula is C23H24F2N4O2. The smallest absolute Gasteiger partial charge is 0.260 e. The molecule has 0 spiro atoms. The number of benzene rings is 1. The molecule has 6 nitrogen and oxygen atoms in total. The summed E-state index contributed by atoms with van der Waals surface area (Å²) >= 11 is 0. The third kappa shape index (κ3) is 5.64. The van der Waals surface area contributed by atoms with Gasteiger partial charge in [-0.3, -0.25) is 4.79 Å². The van der Waals surface area contributed by atoms with Gasteiger partial charge in [0.15, 0.2) is 0 Å². The van der Waals surface area contributed by atoms with Gasteiger partial charge in [0.05, 0.1) is 11.1 Å². The number of aromatic nitrogens is 1. The normalized spacial score (nSPS) is 18.4. The van der Waals surface area contributed by atoms with Crippen molar-refractivity contribution in [3.8, 4) is 22.9 Å². The lowest BCUT2D eigenvalue weighted by molar-refractivity contribution is -0.119. The summed E-state index contributed by atoms with van der Waals surface area (Å²) in [6.45, 7) is 7.82. The topological polar surface area (TPSA) is 101 Å². The first-order valence-electron chi connectivity index (χ1n) is 9.76. The monoisotopic (exact) mass is 426 g/mol. The molecule has 3 N–H and O–H groups in total. The first kappa shape index (κ1) is 22.4. The molecule has 1 aliphatic carbocycles. The summed E-state index contributed by atoms with van der Waals surface area (Å²) < 4.78 is 31.9. The van der Waals surface area contributed by atoms with Crippen LogP contribution >= 0.6 is 0 Å². The summed E-state index contributed by atoms with van der Waals surface area (Å²) in [6, 6.07) is 10.5. The van der Waals surface area contributed by atoms with Gasteiger partial charge in [-0.15, -0.1) is 6.58 Å². The second-order valence-corrected chi connectivity index (χ2v) is 8.34. The number of alkyl halides is 2. The third-order valence-corrected chi connectivity index (χ3v) is 4.85. The van der Waals surface area contributed by atoms with Gasteiger partial charge in [-0.1, -0.05) is 11.6 Å². The van der Waals surface area contributed by atoms with E-state index in [2.05, 4.69) is 22.9 Å². The summed E-state index contributed by atoms with van der Waals surface area (Å²) in [4.78, 5) is 15.9. The molecule has 8 heteroatoms. The van der Waals surface area contributed by atoms with E-state index in [1.54, 1.807) is 30.3 Å². The van der Waals surface area contributed by atoms with Crippen molar-refractivity contribution >= 4 is 11.7 Å². The number of amides is 1. The lowest BCUT2D eigenvalue weighted by Crippen LogP contribution is -2.42. The number of nitrogens with two attached hydrogens (primary N) is 1. The minimum absolute atomic E-state index is 0.169. The van der Waals surface area contributed by atoms with Crippen molar-refractivity contribution in [3.05, 3.63) is 54.2 Å². The SMILES string of the molecule is C=C(C)CC(C)(N)COc1ccc(-c2ccnc(NC(=O)C3CC3(F)F)c2)cc1C#N. The molecule has 1 fully saturated rings. The predicted molar refractivity (Wildman–Crippen MR) is 114 cm³/mol. The van der Waals surface area contributed by atoms with Gasteiger partial charge in [-0.2, -0.15) is 5.26 Å². The fourth-order valence-corrected chi connectivity index (χ4v) is 3.30. The summed E-state index contributed by atoms with van der Waals surface area (Å²) in [7, 11) is 0. The van der Waals surface area contributed by atoms with Crippen LogP contribution < -0.4 is 15.8 Å². The summed E-state index contributed by atoms with van der Waals surface area (Å²) in [5, 5.41) is 12.0. The molecular weight excluding hydrogens is 402 g/mol. The number of ether oxygens (including phenoxy) is 1. The molecule has 0 saturated heterocycles. The highest BCUT2D eigenvalue weighted by Gasteiger charge is 2.61. The Morgan fingerprint density at radius 1 is 1.42 bits per heavy atom. The largest absolute Gasteiger partial charge is 0.490 e. The lowest BCUT2D eigenvalue weighted by Gasteiger charge is -2.25. The molecule has 162 valence electrons. The predicted octanol–water partition coefficient (Wildman–Crippen LogP) is 4.28. The van der Waals surface area contributed by atoms with E-state index >= 15 is 0 Å². The number of nitrogens with zero attached hydrogens (tertiary/aromatic N) is 2. The number of rotatable bonds is 8. The van der Waals surface area contributed by atoms with Gasteiger partial charge in [0.1, 0.15) is 30.2 Å².